The zero-order chi connectivity index (χ0) is 13.0. The van der Waals surface area contributed by atoms with Gasteiger partial charge < -0.3 is 10.2 Å². The van der Waals surface area contributed by atoms with E-state index in [4.69, 9.17) is 0 Å². The van der Waals surface area contributed by atoms with Crippen LogP contribution in [0.5, 0.6) is 0 Å². The summed E-state index contributed by atoms with van der Waals surface area (Å²) < 4.78 is 1.05. The molecule has 1 N–H and O–H groups in total. The fourth-order valence-corrected chi connectivity index (χ4v) is 2.01. The second-order valence-corrected chi connectivity index (χ2v) is 5.03. The first-order valence-electron chi connectivity index (χ1n) is 5.62. The molecule has 0 bridgehead atoms. The van der Waals surface area contributed by atoms with Crippen molar-refractivity contribution < 1.29 is 0 Å². The third-order valence-electron chi connectivity index (χ3n) is 2.54. The van der Waals surface area contributed by atoms with E-state index in [1.54, 1.807) is 12.5 Å². The number of rotatable bonds is 4. The standard InChI is InChI=1S/C13H15BrN4/c1-18(2)13-4-3-10(14)7-12(13)16-8-11-5-6-15-9-17-11/h3-7,9,16H,8H2,1-2H3. The minimum atomic E-state index is 0.680. The summed E-state index contributed by atoms with van der Waals surface area (Å²) in [6, 6.07) is 8.08. The van der Waals surface area contributed by atoms with Gasteiger partial charge in [0.15, 0.2) is 0 Å². The molecular formula is C13H15BrN4. The summed E-state index contributed by atoms with van der Waals surface area (Å²) in [6.45, 7) is 0.680. The second kappa shape index (κ2) is 5.82. The normalized spacial score (nSPS) is 10.2. The third-order valence-corrected chi connectivity index (χ3v) is 3.04. The van der Waals surface area contributed by atoms with E-state index in [0.29, 0.717) is 6.54 Å². The Morgan fingerprint density at radius 3 is 2.78 bits per heavy atom. The largest absolute Gasteiger partial charge is 0.378 e. The Balaban J connectivity index is 2.15. The van der Waals surface area contributed by atoms with Gasteiger partial charge in [-0.3, -0.25) is 0 Å². The summed E-state index contributed by atoms with van der Waals surface area (Å²) in [5, 5.41) is 3.39. The lowest BCUT2D eigenvalue weighted by Gasteiger charge is -2.18. The first kappa shape index (κ1) is 12.8. The zero-order valence-corrected chi connectivity index (χ0v) is 12.0. The van der Waals surface area contributed by atoms with E-state index in [0.717, 1.165) is 21.5 Å². The molecule has 2 aromatic rings. The van der Waals surface area contributed by atoms with Crippen LogP contribution in [0.1, 0.15) is 5.69 Å². The molecule has 0 spiro atoms. The molecule has 0 aliphatic rings. The van der Waals surface area contributed by atoms with Crippen molar-refractivity contribution in [2.45, 2.75) is 6.54 Å². The van der Waals surface area contributed by atoms with Crippen molar-refractivity contribution >= 4 is 27.3 Å². The number of aromatic nitrogens is 2. The molecule has 0 fully saturated rings. The maximum absolute atomic E-state index is 4.19. The highest BCUT2D eigenvalue weighted by Gasteiger charge is 2.05. The molecule has 0 saturated carbocycles. The molecule has 2 rings (SSSR count). The van der Waals surface area contributed by atoms with Gasteiger partial charge in [-0.1, -0.05) is 15.9 Å². The molecule has 0 amide bonds. The average Bonchev–Trinajstić information content (AvgIpc) is 2.37. The lowest BCUT2D eigenvalue weighted by Crippen LogP contribution is -2.12. The summed E-state index contributed by atoms with van der Waals surface area (Å²) in [5.41, 5.74) is 3.19. The molecule has 0 aliphatic heterocycles. The van der Waals surface area contributed by atoms with Crippen molar-refractivity contribution in [1.29, 1.82) is 0 Å². The smallest absolute Gasteiger partial charge is 0.115 e. The van der Waals surface area contributed by atoms with Crippen LogP contribution in [-0.2, 0) is 6.54 Å². The topological polar surface area (TPSA) is 41.0 Å². The van der Waals surface area contributed by atoms with Gasteiger partial charge in [0, 0.05) is 24.8 Å². The van der Waals surface area contributed by atoms with E-state index in [1.165, 1.54) is 0 Å². The Morgan fingerprint density at radius 1 is 1.28 bits per heavy atom. The summed E-state index contributed by atoms with van der Waals surface area (Å²) in [6.07, 6.45) is 3.31. The second-order valence-electron chi connectivity index (χ2n) is 4.11. The Hall–Kier alpha value is -1.62. The molecule has 0 saturated heterocycles. The van der Waals surface area contributed by atoms with Gasteiger partial charge in [-0.15, -0.1) is 0 Å². The highest BCUT2D eigenvalue weighted by Crippen LogP contribution is 2.28. The maximum atomic E-state index is 4.19. The number of hydrogen-bond donors (Lipinski definition) is 1. The van der Waals surface area contributed by atoms with Crippen LogP contribution in [0.15, 0.2) is 41.3 Å². The highest BCUT2D eigenvalue weighted by atomic mass is 79.9. The van der Waals surface area contributed by atoms with Crippen LogP contribution in [0.2, 0.25) is 0 Å². The van der Waals surface area contributed by atoms with E-state index >= 15 is 0 Å². The van der Waals surface area contributed by atoms with Crippen molar-refractivity contribution in [3.8, 4) is 0 Å². The molecule has 1 aromatic carbocycles. The highest BCUT2D eigenvalue weighted by molar-refractivity contribution is 9.10. The number of hydrogen-bond acceptors (Lipinski definition) is 4. The number of anilines is 2. The SMILES string of the molecule is CN(C)c1ccc(Br)cc1NCc1ccncn1. The molecule has 0 atom stereocenters. The van der Waals surface area contributed by atoms with Crippen LogP contribution in [0, 0.1) is 0 Å². The molecular weight excluding hydrogens is 292 g/mol. The number of halogens is 1. The first-order valence-corrected chi connectivity index (χ1v) is 6.42. The van der Waals surface area contributed by atoms with Crippen LogP contribution in [0.3, 0.4) is 0 Å². The van der Waals surface area contributed by atoms with Gasteiger partial charge in [-0.25, -0.2) is 9.97 Å². The monoisotopic (exact) mass is 306 g/mol. The predicted octanol–water partition coefficient (Wildman–Crippen LogP) is 2.92. The molecule has 1 heterocycles. The van der Waals surface area contributed by atoms with Gasteiger partial charge in [-0.05, 0) is 24.3 Å². The molecule has 0 unspecified atom stereocenters. The summed E-state index contributed by atoms with van der Waals surface area (Å²) in [5.74, 6) is 0. The Bertz CT molecular complexity index is 514. The minimum Gasteiger partial charge on any atom is -0.378 e. The average molecular weight is 307 g/mol. The number of nitrogens with zero attached hydrogens (tertiary/aromatic N) is 3. The van der Waals surface area contributed by atoms with Crippen LogP contribution in [0.25, 0.3) is 0 Å². The molecule has 0 aliphatic carbocycles. The molecule has 1 aromatic heterocycles. The molecule has 5 heteroatoms. The van der Waals surface area contributed by atoms with Crippen LogP contribution in [-0.4, -0.2) is 24.1 Å². The number of nitrogens with one attached hydrogen (secondary N) is 1. The first-order chi connectivity index (χ1) is 8.66. The van der Waals surface area contributed by atoms with Gasteiger partial charge >= 0.3 is 0 Å². The fourth-order valence-electron chi connectivity index (χ4n) is 1.65. The van der Waals surface area contributed by atoms with Gasteiger partial charge in [0.2, 0.25) is 0 Å². The minimum absolute atomic E-state index is 0.680. The lowest BCUT2D eigenvalue weighted by atomic mass is 10.2. The number of benzene rings is 1. The quantitative estimate of drug-likeness (QED) is 0.943. The van der Waals surface area contributed by atoms with Crippen LogP contribution >= 0.6 is 15.9 Å². The van der Waals surface area contributed by atoms with Crippen LogP contribution in [0.4, 0.5) is 11.4 Å². The Morgan fingerprint density at radius 2 is 2.11 bits per heavy atom. The van der Waals surface area contributed by atoms with E-state index in [2.05, 4.69) is 48.2 Å². The van der Waals surface area contributed by atoms with Crippen molar-refractivity contribution in [2.75, 3.05) is 24.3 Å². The molecule has 0 radical (unpaired) electrons. The van der Waals surface area contributed by atoms with E-state index in [9.17, 15) is 0 Å². The maximum Gasteiger partial charge on any atom is 0.115 e. The Labute approximate surface area is 115 Å². The summed E-state index contributed by atoms with van der Waals surface area (Å²) in [7, 11) is 4.05. The molecule has 18 heavy (non-hydrogen) atoms. The van der Waals surface area contributed by atoms with Gasteiger partial charge in [-0.2, -0.15) is 0 Å². The van der Waals surface area contributed by atoms with Crippen molar-refractivity contribution in [3.63, 3.8) is 0 Å². The fraction of sp³-hybridized carbons (Fsp3) is 0.231. The lowest BCUT2D eigenvalue weighted by molar-refractivity contribution is 1.00. The van der Waals surface area contributed by atoms with Crippen molar-refractivity contribution in [3.05, 3.63) is 47.0 Å². The zero-order valence-electron chi connectivity index (χ0n) is 10.4. The Kier molecular flexibility index (Phi) is 4.15. The molecule has 4 nitrogen and oxygen atoms in total. The van der Waals surface area contributed by atoms with Crippen molar-refractivity contribution in [1.82, 2.24) is 9.97 Å². The van der Waals surface area contributed by atoms with E-state index in [-0.39, 0.29) is 0 Å². The van der Waals surface area contributed by atoms with E-state index < -0.39 is 0 Å². The summed E-state index contributed by atoms with van der Waals surface area (Å²) in [4.78, 5) is 10.2. The van der Waals surface area contributed by atoms with Gasteiger partial charge in [0.05, 0.1) is 23.6 Å². The predicted molar refractivity (Wildman–Crippen MR) is 77.8 cm³/mol. The van der Waals surface area contributed by atoms with E-state index in [1.807, 2.05) is 26.2 Å². The third kappa shape index (κ3) is 3.20. The molecule has 94 valence electrons. The van der Waals surface area contributed by atoms with Gasteiger partial charge in [0.1, 0.15) is 6.33 Å². The van der Waals surface area contributed by atoms with Crippen molar-refractivity contribution in [2.24, 2.45) is 0 Å². The van der Waals surface area contributed by atoms with Gasteiger partial charge in [0.25, 0.3) is 0 Å². The van der Waals surface area contributed by atoms with Crippen LogP contribution < -0.4 is 10.2 Å². The summed E-state index contributed by atoms with van der Waals surface area (Å²) >= 11 is 3.49.